The van der Waals surface area contributed by atoms with E-state index in [4.69, 9.17) is 35.1 Å². The molecular weight excluding hydrogens is 1250 g/mol. The van der Waals surface area contributed by atoms with Gasteiger partial charge in [-0.15, -0.1) is 0 Å². The van der Waals surface area contributed by atoms with Gasteiger partial charge < -0.3 is 23.5 Å². The molecule has 486 valence electrons. The summed E-state index contributed by atoms with van der Waals surface area (Å²) in [6, 6.07) is 26.6. The number of pyridine rings is 4. The average molecular weight is 1310 g/mol. The third-order valence-electron chi connectivity index (χ3n) is 17.0. The maximum absolute atomic E-state index is 15.1. The van der Waals surface area contributed by atoms with Gasteiger partial charge >= 0.3 is 13.2 Å². The van der Waals surface area contributed by atoms with E-state index in [2.05, 4.69) is 35.2 Å². The molecule has 7 heterocycles. The molecule has 13 rings (SSSR count). The lowest BCUT2D eigenvalue weighted by Gasteiger charge is -2.32. The molecule has 2 aliphatic carbocycles. The van der Waals surface area contributed by atoms with Gasteiger partial charge in [0.2, 0.25) is 0 Å². The van der Waals surface area contributed by atoms with Gasteiger partial charge in [0.25, 0.3) is 0 Å². The predicted octanol–water partition coefficient (Wildman–Crippen LogP) is 13.8. The number of benzene rings is 4. The van der Waals surface area contributed by atoms with Gasteiger partial charge in [0.05, 0.1) is 55.7 Å². The van der Waals surface area contributed by atoms with Crippen LogP contribution in [-0.2, 0) is 58.9 Å². The molecule has 95 heavy (non-hydrogen) atoms. The number of hydrogen-bond donors (Lipinski definition) is 1. The Bertz CT molecular complexity index is 4540. The first kappa shape index (κ1) is 66.6. The maximum Gasteiger partial charge on any atom is 0.498 e. The fraction of sp³-hybridized carbons (Fsp3) is 0.282. The molecule has 0 bridgehead atoms. The van der Waals surface area contributed by atoms with Crippen LogP contribution in [-0.4, -0.2) is 93.1 Å². The van der Waals surface area contributed by atoms with Gasteiger partial charge in [0.1, 0.15) is 33.9 Å². The van der Waals surface area contributed by atoms with Crippen LogP contribution in [0, 0.1) is 34.1 Å². The molecule has 0 spiro atoms. The number of nitrogens with zero attached hydrogens (tertiary/aromatic N) is 7. The molecule has 1 aliphatic heterocycles. The van der Waals surface area contributed by atoms with Gasteiger partial charge in [-0.25, -0.2) is 27.3 Å². The van der Waals surface area contributed by atoms with Crippen LogP contribution >= 0.6 is 11.6 Å². The molecular formula is C71H64BClF4N8O10. The second-order valence-electron chi connectivity index (χ2n) is 25.6. The van der Waals surface area contributed by atoms with Crippen molar-refractivity contribution in [2.75, 3.05) is 0 Å². The largest absolute Gasteiger partial charge is 0.498 e. The number of Topliss-reactive ketones (excluding diaryl/α,β-unsaturated/α-hetero) is 4. The Morgan fingerprint density at radius 1 is 0.568 bits per heavy atom. The SMILES string of the molecule is CC(C)(C)OC(=O)n1cc(B2OC(C)(C)C(C)(C)O2)cn1.O=C(Cc1ccc(F)cc1)C1(C(=O)Cc2ccc(Oc3ccnc4cc(-c5cn[nH]c5)ncc34)c(F)c2)CC1.O=C(Cc1ccc(F)cc1)C1(C(=O)Cc2ccc(Oc3ccnc4cc(Cl)ncc34)c(F)c2)CC1. The fourth-order valence-electron chi connectivity index (χ4n) is 10.6. The molecule has 4 aromatic carbocycles. The summed E-state index contributed by atoms with van der Waals surface area (Å²) in [5, 5.41) is 12.2. The van der Waals surface area contributed by atoms with Crippen LogP contribution in [0.3, 0.4) is 0 Å². The van der Waals surface area contributed by atoms with E-state index in [9.17, 15) is 37.1 Å². The summed E-state index contributed by atoms with van der Waals surface area (Å²) in [6.07, 6.45) is 14.1. The Kier molecular flexibility index (Phi) is 18.8. The summed E-state index contributed by atoms with van der Waals surface area (Å²) in [4.78, 5) is 80.8. The maximum atomic E-state index is 15.1. The van der Waals surface area contributed by atoms with Crippen molar-refractivity contribution < 1.29 is 65.1 Å². The van der Waals surface area contributed by atoms with Crippen LogP contribution in [0.1, 0.15) is 96.4 Å². The van der Waals surface area contributed by atoms with Gasteiger partial charge in [0, 0.05) is 86.2 Å². The average Bonchev–Trinajstić information content (AvgIpc) is 1.70. The van der Waals surface area contributed by atoms with E-state index in [1.165, 1.54) is 60.9 Å². The Labute approximate surface area is 548 Å². The molecule has 0 unspecified atom stereocenters. The zero-order valence-corrected chi connectivity index (χ0v) is 53.6. The topological polar surface area (TPSA) is 230 Å². The summed E-state index contributed by atoms with van der Waals surface area (Å²) < 4.78 is 86.1. The highest BCUT2D eigenvalue weighted by atomic mass is 35.5. The number of hydrogen-bond acceptors (Lipinski definition) is 16. The Morgan fingerprint density at radius 3 is 1.46 bits per heavy atom. The zero-order chi connectivity index (χ0) is 67.6. The summed E-state index contributed by atoms with van der Waals surface area (Å²) in [7, 11) is -0.536. The van der Waals surface area contributed by atoms with Gasteiger partial charge in [0.15, 0.2) is 46.3 Å². The Hall–Kier alpha value is -9.84. The molecule has 6 aromatic heterocycles. The van der Waals surface area contributed by atoms with Crippen LogP contribution in [0.25, 0.3) is 33.1 Å². The molecule has 0 amide bonds. The molecule has 3 fully saturated rings. The van der Waals surface area contributed by atoms with Gasteiger partial charge in [-0.3, -0.25) is 39.2 Å². The lowest BCUT2D eigenvalue weighted by molar-refractivity contribution is -0.135. The summed E-state index contributed by atoms with van der Waals surface area (Å²) in [5.41, 5.74) is 2.11. The van der Waals surface area contributed by atoms with Crippen molar-refractivity contribution in [3.63, 3.8) is 0 Å². The van der Waals surface area contributed by atoms with E-state index >= 15 is 4.39 Å². The number of ether oxygens (including phenoxy) is 3. The minimum Gasteiger partial charge on any atom is -0.453 e. The van der Waals surface area contributed by atoms with E-state index in [1.807, 2.05) is 48.5 Å². The molecule has 1 N–H and O–H groups in total. The van der Waals surface area contributed by atoms with Crippen molar-refractivity contribution in [1.29, 1.82) is 0 Å². The highest BCUT2D eigenvalue weighted by molar-refractivity contribution is 6.62. The highest BCUT2D eigenvalue weighted by Crippen LogP contribution is 2.50. The van der Waals surface area contributed by atoms with Crippen LogP contribution in [0.4, 0.5) is 22.4 Å². The quantitative estimate of drug-likeness (QED) is 0.0364. The smallest absolute Gasteiger partial charge is 0.453 e. The van der Waals surface area contributed by atoms with E-state index in [-0.39, 0.29) is 77.1 Å². The molecule has 10 aromatic rings. The third kappa shape index (κ3) is 15.4. The van der Waals surface area contributed by atoms with E-state index in [0.29, 0.717) is 92.4 Å². The first-order valence-electron chi connectivity index (χ1n) is 30.5. The summed E-state index contributed by atoms with van der Waals surface area (Å²) in [6.45, 7) is 13.3. The summed E-state index contributed by atoms with van der Waals surface area (Å²) in [5.74, 6) is -2.15. The van der Waals surface area contributed by atoms with Crippen LogP contribution in [0.15, 0.2) is 159 Å². The molecule has 24 heteroatoms. The lowest BCUT2D eigenvalue weighted by Crippen LogP contribution is -2.41. The zero-order valence-electron chi connectivity index (χ0n) is 52.8. The van der Waals surface area contributed by atoms with Crippen LogP contribution in [0.2, 0.25) is 5.15 Å². The number of rotatable bonds is 18. The monoisotopic (exact) mass is 1310 g/mol. The second kappa shape index (κ2) is 26.9. The second-order valence-corrected chi connectivity index (χ2v) is 25.9. The number of nitrogens with one attached hydrogen (secondary N) is 1. The Morgan fingerprint density at radius 2 is 1.02 bits per heavy atom. The molecule has 1 saturated heterocycles. The molecule has 18 nitrogen and oxygen atoms in total. The van der Waals surface area contributed by atoms with Crippen molar-refractivity contribution in [3.05, 3.63) is 209 Å². The van der Waals surface area contributed by atoms with Crippen LogP contribution < -0.4 is 14.9 Å². The number of carbonyl (C=O) groups is 5. The third-order valence-corrected chi connectivity index (χ3v) is 17.2. The number of aromatic amines is 1. The first-order valence-corrected chi connectivity index (χ1v) is 30.9. The highest BCUT2D eigenvalue weighted by Gasteiger charge is 2.56. The number of H-pyrrole nitrogens is 1. The van der Waals surface area contributed by atoms with Gasteiger partial charge in [-0.1, -0.05) is 48.0 Å². The van der Waals surface area contributed by atoms with Crippen molar-refractivity contribution in [1.82, 2.24) is 39.9 Å². The normalized spacial score (nSPS) is 15.4. The van der Waals surface area contributed by atoms with Crippen molar-refractivity contribution >= 4 is 75.2 Å². The molecule has 0 atom stereocenters. The van der Waals surface area contributed by atoms with Gasteiger partial charge in [-0.2, -0.15) is 14.9 Å². The molecule has 3 aliphatic rings. The number of fused-ring (bicyclic) bond motifs is 2. The minimum absolute atomic E-state index is 0.00821. The number of ketones is 4. The first-order chi connectivity index (χ1) is 45.2. The minimum atomic E-state index is -1.04. The predicted molar refractivity (Wildman–Crippen MR) is 345 cm³/mol. The number of halogens is 5. The van der Waals surface area contributed by atoms with Crippen LogP contribution in [0.5, 0.6) is 23.0 Å². The lowest BCUT2D eigenvalue weighted by atomic mass is 9.82. The van der Waals surface area contributed by atoms with E-state index in [1.54, 1.807) is 97.8 Å². The fourth-order valence-corrected chi connectivity index (χ4v) is 10.7. The van der Waals surface area contributed by atoms with Crippen molar-refractivity contribution in [3.8, 4) is 34.3 Å². The Balaban J connectivity index is 0.000000152. The standard InChI is InChI=1S/C30H22F2N4O3.C27H19ClF2N2O3.C14H23BN2O4/c31-21-4-1-18(2-5-21)12-28(37)30(8-9-30)29(38)13-19-3-6-27(23(32)11-19)39-26-7-10-33-25-14-24(34-17-22(25)26)20-15-35-36-16-20;28-26-14-21-19(15-32-26)22(7-10-31-21)35-23-6-3-17(11-20(23)30)13-25(34)27(8-9-27)24(33)12-16-1-4-18(29)5-2-16;1-12(2,3)19-11(18)17-9-10(8-16-17)15-20-13(4,5)14(6,7)21-15/h1-7,10-11,14-17H,8-9,12-13H2,(H,35,36);1-7,10-11,14-15H,8-9,12-13H2;8-9H,1-7H3. The number of aromatic nitrogens is 8. The van der Waals surface area contributed by atoms with E-state index in [0.717, 1.165) is 10.2 Å². The van der Waals surface area contributed by atoms with E-state index < -0.39 is 52.5 Å². The van der Waals surface area contributed by atoms with Crippen molar-refractivity contribution in [2.24, 2.45) is 10.8 Å². The van der Waals surface area contributed by atoms with Crippen molar-refractivity contribution in [2.45, 2.75) is 117 Å². The summed E-state index contributed by atoms with van der Waals surface area (Å²) >= 11 is 5.90. The molecule has 0 radical (unpaired) electrons. The number of carbonyl (C=O) groups excluding carboxylic acids is 5. The molecule has 2 saturated carbocycles. The van der Waals surface area contributed by atoms with Gasteiger partial charge in [-0.05, 0) is 163 Å².